The first-order valence-corrected chi connectivity index (χ1v) is 14.7. The van der Waals surface area contributed by atoms with Crippen LogP contribution in [0.3, 0.4) is 0 Å². The van der Waals surface area contributed by atoms with E-state index in [9.17, 15) is 4.79 Å². The summed E-state index contributed by atoms with van der Waals surface area (Å²) >= 11 is 0. The summed E-state index contributed by atoms with van der Waals surface area (Å²) in [4.78, 5) is 28.1. The lowest BCUT2D eigenvalue weighted by Gasteiger charge is -2.27. The van der Waals surface area contributed by atoms with Gasteiger partial charge in [0.15, 0.2) is 5.65 Å². The van der Waals surface area contributed by atoms with E-state index in [4.69, 9.17) is 19.1 Å². The first-order chi connectivity index (χ1) is 20.6. The van der Waals surface area contributed by atoms with Crippen molar-refractivity contribution in [1.29, 1.82) is 0 Å². The van der Waals surface area contributed by atoms with Crippen LogP contribution in [0.1, 0.15) is 34.8 Å². The third-order valence-corrected chi connectivity index (χ3v) is 7.88. The first-order valence-electron chi connectivity index (χ1n) is 14.7. The Bertz CT molecular complexity index is 1590. The fourth-order valence-corrected chi connectivity index (χ4v) is 5.52. The number of carbonyl (C=O) groups excluding carboxylic acids is 1. The number of ether oxygens (including phenoxy) is 1. The molecule has 0 spiro atoms. The molecule has 42 heavy (non-hydrogen) atoms. The first kappa shape index (κ1) is 27.9. The Hall–Kier alpha value is -4.27. The normalized spacial score (nSPS) is 13.9. The summed E-state index contributed by atoms with van der Waals surface area (Å²) < 4.78 is 13.2. The fraction of sp³-hybridized carbons (Fsp3) is 0.324. The Morgan fingerprint density at radius 3 is 2.40 bits per heavy atom. The van der Waals surface area contributed by atoms with Crippen LogP contribution in [0.15, 0.2) is 89.7 Å². The minimum absolute atomic E-state index is 0.0714. The Labute approximate surface area is 246 Å². The highest BCUT2D eigenvalue weighted by atomic mass is 16.5. The van der Waals surface area contributed by atoms with Crippen LogP contribution in [0.4, 0.5) is 0 Å². The smallest absolute Gasteiger partial charge is 0.228 e. The second-order valence-electron chi connectivity index (χ2n) is 10.9. The van der Waals surface area contributed by atoms with Gasteiger partial charge in [0, 0.05) is 51.4 Å². The number of benzene rings is 2. The lowest BCUT2D eigenvalue weighted by molar-refractivity contribution is -0.129. The number of amides is 1. The number of nitrogens with zero attached hydrogens (tertiary/aromatic N) is 5. The van der Waals surface area contributed by atoms with Crippen LogP contribution in [-0.4, -0.2) is 76.5 Å². The van der Waals surface area contributed by atoms with Gasteiger partial charge in [-0.2, -0.15) is 0 Å². The van der Waals surface area contributed by atoms with Crippen molar-refractivity contribution in [2.45, 2.75) is 25.7 Å². The molecule has 1 saturated heterocycles. The third kappa shape index (κ3) is 6.61. The van der Waals surface area contributed by atoms with Gasteiger partial charge >= 0.3 is 0 Å². The molecule has 0 unspecified atom stereocenters. The molecule has 0 N–H and O–H groups in total. The summed E-state index contributed by atoms with van der Waals surface area (Å²) in [6.45, 7) is 5.16. The fourth-order valence-electron chi connectivity index (χ4n) is 5.52. The van der Waals surface area contributed by atoms with Crippen LogP contribution in [-0.2, 0) is 28.8 Å². The monoisotopic (exact) mass is 563 g/mol. The number of carbonyl (C=O) groups is 1. The molecule has 1 amide bonds. The molecule has 216 valence electrons. The Morgan fingerprint density at radius 1 is 0.905 bits per heavy atom. The highest BCUT2D eigenvalue weighted by molar-refractivity contribution is 5.79. The van der Waals surface area contributed by atoms with Crippen LogP contribution in [0.5, 0.6) is 0 Å². The zero-order valence-corrected chi connectivity index (χ0v) is 24.1. The van der Waals surface area contributed by atoms with Crippen molar-refractivity contribution in [3.8, 4) is 11.3 Å². The van der Waals surface area contributed by atoms with E-state index < -0.39 is 0 Å². The van der Waals surface area contributed by atoms with Crippen LogP contribution < -0.4 is 0 Å². The van der Waals surface area contributed by atoms with Crippen LogP contribution >= 0.6 is 0 Å². The molecule has 1 fully saturated rings. The van der Waals surface area contributed by atoms with E-state index in [1.54, 1.807) is 6.26 Å². The van der Waals surface area contributed by atoms with Gasteiger partial charge in [-0.05, 0) is 24.1 Å². The van der Waals surface area contributed by atoms with Gasteiger partial charge < -0.3 is 14.1 Å². The van der Waals surface area contributed by atoms with Crippen molar-refractivity contribution in [2.24, 2.45) is 0 Å². The Kier molecular flexibility index (Phi) is 8.72. The third-order valence-electron chi connectivity index (χ3n) is 7.88. The largest absolute Gasteiger partial charge is 0.469 e. The SMILES string of the molecule is CN(CCCN1CCOCC1)C(=O)Cc1c(Cc2ccco2)nc2c(Cc3ccccc3)nc(-c3ccccc3)cn12. The maximum absolute atomic E-state index is 13.6. The van der Waals surface area contributed by atoms with Gasteiger partial charge in [0.05, 0.1) is 55.1 Å². The van der Waals surface area contributed by atoms with Crippen molar-refractivity contribution in [3.63, 3.8) is 0 Å². The molecule has 8 nitrogen and oxygen atoms in total. The molecule has 0 atom stereocenters. The van der Waals surface area contributed by atoms with Crippen molar-refractivity contribution in [3.05, 3.63) is 114 Å². The summed E-state index contributed by atoms with van der Waals surface area (Å²) in [7, 11) is 1.90. The van der Waals surface area contributed by atoms with Gasteiger partial charge in [-0.1, -0.05) is 60.7 Å². The molecule has 0 radical (unpaired) electrons. The van der Waals surface area contributed by atoms with E-state index >= 15 is 0 Å². The minimum Gasteiger partial charge on any atom is -0.469 e. The van der Waals surface area contributed by atoms with Gasteiger partial charge in [0.1, 0.15) is 5.76 Å². The number of hydrogen-bond acceptors (Lipinski definition) is 6. The molecular formula is C34H37N5O3. The molecule has 6 rings (SSSR count). The van der Waals surface area contributed by atoms with Crippen LogP contribution in [0.25, 0.3) is 16.9 Å². The average molecular weight is 564 g/mol. The summed E-state index contributed by atoms with van der Waals surface area (Å²) in [5.41, 5.74) is 6.39. The number of likely N-dealkylation sites (N-methyl/N-ethyl adjacent to an activating group) is 1. The van der Waals surface area contributed by atoms with Crippen LogP contribution in [0.2, 0.25) is 0 Å². The molecule has 0 bridgehead atoms. The highest BCUT2D eigenvalue weighted by Crippen LogP contribution is 2.26. The number of hydrogen-bond donors (Lipinski definition) is 0. The molecule has 1 aliphatic rings. The molecule has 1 aliphatic heterocycles. The van der Waals surface area contributed by atoms with Gasteiger partial charge in [-0.3, -0.25) is 14.1 Å². The summed E-state index contributed by atoms with van der Waals surface area (Å²) in [5.74, 6) is 0.883. The maximum atomic E-state index is 13.6. The second kappa shape index (κ2) is 13.1. The minimum atomic E-state index is 0.0714. The number of imidazole rings is 1. The summed E-state index contributed by atoms with van der Waals surface area (Å²) in [6, 6.07) is 24.3. The van der Waals surface area contributed by atoms with Gasteiger partial charge in [-0.25, -0.2) is 9.97 Å². The van der Waals surface area contributed by atoms with E-state index in [2.05, 4.69) is 33.6 Å². The molecule has 5 aromatic rings. The van der Waals surface area contributed by atoms with E-state index in [-0.39, 0.29) is 12.3 Å². The van der Waals surface area contributed by atoms with Gasteiger partial charge in [0.25, 0.3) is 0 Å². The van der Waals surface area contributed by atoms with Crippen molar-refractivity contribution in [2.75, 3.05) is 46.4 Å². The lowest BCUT2D eigenvalue weighted by atomic mass is 10.1. The number of fused-ring (bicyclic) bond motifs is 1. The molecular weight excluding hydrogens is 526 g/mol. The summed E-state index contributed by atoms with van der Waals surface area (Å²) in [6.07, 6.45) is 6.01. The zero-order valence-electron chi connectivity index (χ0n) is 24.1. The van der Waals surface area contributed by atoms with Gasteiger partial charge in [-0.15, -0.1) is 0 Å². The summed E-state index contributed by atoms with van der Waals surface area (Å²) in [5, 5.41) is 0. The number of morpholine rings is 1. The Balaban J connectivity index is 1.34. The quantitative estimate of drug-likeness (QED) is 0.228. The predicted octanol–water partition coefficient (Wildman–Crippen LogP) is 4.89. The average Bonchev–Trinajstić information content (AvgIpc) is 3.67. The molecule has 0 saturated carbocycles. The number of furan rings is 1. The van der Waals surface area contributed by atoms with Crippen molar-refractivity contribution >= 4 is 11.6 Å². The molecule has 8 heteroatoms. The lowest BCUT2D eigenvalue weighted by Crippen LogP contribution is -2.38. The topological polar surface area (TPSA) is 76.1 Å². The van der Waals surface area contributed by atoms with E-state index in [1.165, 1.54) is 0 Å². The predicted molar refractivity (Wildman–Crippen MR) is 162 cm³/mol. The standard InChI is InChI=1S/C34H37N5O3/c1-37(15-9-16-38-17-20-41-21-18-38)33(40)24-32-29(23-28-14-8-19-42-28)36-34-30(22-26-10-4-2-5-11-26)35-31(25-39(32)34)27-12-6-3-7-13-27/h2-8,10-14,19,25H,9,15-18,20-24H2,1H3. The van der Waals surface area contributed by atoms with Crippen LogP contribution in [0, 0.1) is 0 Å². The van der Waals surface area contributed by atoms with Crippen molar-refractivity contribution < 1.29 is 13.9 Å². The second-order valence-corrected chi connectivity index (χ2v) is 10.9. The van der Waals surface area contributed by atoms with Crippen molar-refractivity contribution in [1.82, 2.24) is 24.2 Å². The van der Waals surface area contributed by atoms with E-state index in [0.29, 0.717) is 19.4 Å². The molecule has 0 aliphatic carbocycles. The molecule has 4 heterocycles. The molecule has 2 aromatic carbocycles. The van der Waals surface area contributed by atoms with Gasteiger partial charge in [0.2, 0.25) is 5.91 Å². The number of aromatic nitrogens is 3. The van der Waals surface area contributed by atoms with E-state index in [1.807, 2.05) is 66.7 Å². The zero-order chi connectivity index (χ0) is 28.7. The Morgan fingerprint density at radius 2 is 1.67 bits per heavy atom. The van der Waals surface area contributed by atoms with E-state index in [0.717, 1.165) is 84.6 Å². The number of rotatable bonds is 11. The molecule has 3 aromatic heterocycles. The highest BCUT2D eigenvalue weighted by Gasteiger charge is 2.22. The maximum Gasteiger partial charge on any atom is 0.228 e.